The largest absolute Gasteiger partial charge is 0.481 e. The summed E-state index contributed by atoms with van der Waals surface area (Å²) in [6.07, 6.45) is 0.248. The third-order valence-corrected chi connectivity index (χ3v) is 3.66. The van der Waals surface area contributed by atoms with Crippen LogP contribution in [-0.2, 0) is 20.8 Å². The highest BCUT2D eigenvalue weighted by Crippen LogP contribution is 2.22. The van der Waals surface area contributed by atoms with Gasteiger partial charge in [0.05, 0.1) is 17.5 Å². The molecule has 0 aliphatic carbocycles. The topological polar surface area (TPSA) is 161 Å². The van der Waals surface area contributed by atoms with Gasteiger partial charge in [-0.3, -0.25) is 4.79 Å². The molecule has 0 aliphatic heterocycles. The van der Waals surface area contributed by atoms with Crippen molar-refractivity contribution in [3.8, 4) is 0 Å². The highest BCUT2D eigenvalue weighted by atomic mass is 16.4. The Labute approximate surface area is 164 Å². The average Bonchev–Trinajstić information content (AvgIpc) is 3.10. The lowest BCUT2D eigenvalue weighted by atomic mass is 10.1. The van der Waals surface area contributed by atoms with E-state index in [4.69, 9.17) is 15.3 Å². The number of aromatic amines is 1. The summed E-state index contributed by atoms with van der Waals surface area (Å²) < 4.78 is 0. The lowest BCUT2D eigenvalue weighted by Crippen LogP contribution is -2.01. The molecule has 0 spiro atoms. The van der Waals surface area contributed by atoms with Crippen molar-refractivity contribution < 1.29 is 34.8 Å². The van der Waals surface area contributed by atoms with Gasteiger partial charge < -0.3 is 25.4 Å². The fourth-order valence-corrected chi connectivity index (χ4v) is 2.43. The zero-order chi connectivity index (χ0) is 21.4. The van der Waals surface area contributed by atoms with Crippen LogP contribution in [0.5, 0.6) is 0 Å². The van der Waals surface area contributed by atoms with Crippen molar-refractivity contribution in [2.45, 2.75) is 12.5 Å². The molecular formula is C20H18N2O7. The molecule has 0 fully saturated rings. The Balaban J connectivity index is 0.000000321. The number of carbonyl (C=O) groups is 3. The van der Waals surface area contributed by atoms with Crippen LogP contribution < -0.4 is 0 Å². The molecule has 2 aromatic carbocycles. The summed E-state index contributed by atoms with van der Waals surface area (Å²) in [5, 5.41) is 34.8. The molecule has 1 heterocycles. The lowest BCUT2D eigenvalue weighted by molar-refractivity contribution is -0.136. The Kier molecular flexibility index (Phi) is 7.21. The molecule has 3 aromatic rings. The molecular weight excluding hydrogens is 380 g/mol. The van der Waals surface area contributed by atoms with E-state index in [9.17, 15) is 19.5 Å². The van der Waals surface area contributed by atoms with Crippen molar-refractivity contribution in [3.63, 3.8) is 0 Å². The van der Waals surface area contributed by atoms with E-state index in [-0.39, 0.29) is 6.42 Å². The molecule has 0 amide bonds. The minimum Gasteiger partial charge on any atom is -0.481 e. The van der Waals surface area contributed by atoms with Crippen LogP contribution in [0.1, 0.15) is 23.1 Å². The van der Waals surface area contributed by atoms with Crippen molar-refractivity contribution in [1.29, 1.82) is 0 Å². The first kappa shape index (κ1) is 21.3. The van der Waals surface area contributed by atoms with Crippen LogP contribution >= 0.6 is 0 Å². The summed E-state index contributed by atoms with van der Waals surface area (Å²) in [5.74, 6) is -2.94. The number of aromatic nitrogens is 2. The van der Waals surface area contributed by atoms with Crippen molar-refractivity contribution in [2.75, 3.05) is 0 Å². The fourth-order valence-electron chi connectivity index (χ4n) is 2.43. The standard InChI is InChI=1S/C16H14N2O3.C4H4O4/c19-14(20)9-10-6-7-12-13(8-10)18-16(17-12)15(21)11-4-2-1-3-5-11;5-3(6)1-2-4(7)8/h1-8,15,21H,9H2,(H,17,18)(H,19,20);1-2H,(H,5,6)(H,7,8)/b;2-1-. The van der Waals surface area contributed by atoms with Crippen molar-refractivity contribution in [1.82, 2.24) is 9.97 Å². The quantitative estimate of drug-likeness (QED) is 0.394. The summed E-state index contributed by atoms with van der Waals surface area (Å²) in [6, 6.07) is 14.5. The molecule has 9 nitrogen and oxygen atoms in total. The minimum absolute atomic E-state index is 0.0362. The maximum absolute atomic E-state index is 10.7. The van der Waals surface area contributed by atoms with Crippen LogP contribution in [0.15, 0.2) is 60.7 Å². The van der Waals surface area contributed by atoms with Gasteiger partial charge in [0.25, 0.3) is 0 Å². The van der Waals surface area contributed by atoms with Crippen LogP contribution in [-0.4, -0.2) is 48.3 Å². The summed E-state index contributed by atoms with van der Waals surface area (Å²) in [4.78, 5) is 37.3. The third-order valence-electron chi connectivity index (χ3n) is 3.66. The summed E-state index contributed by atoms with van der Waals surface area (Å²) in [6.45, 7) is 0. The van der Waals surface area contributed by atoms with Crippen LogP contribution in [0.25, 0.3) is 11.0 Å². The number of hydrogen-bond acceptors (Lipinski definition) is 5. The number of fused-ring (bicyclic) bond motifs is 1. The maximum Gasteiger partial charge on any atom is 0.328 e. The van der Waals surface area contributed by atoms with Gasteiger partial charge in [-0.05, 0) is 23.3 Å². The van der Waals surface area contributed by atoms with E-state index in [0.29, 0.717) is 29.1 Å². The number of nitrogens with one attached hydrogen (secondary N) is 1. The van der Waals surface area contributed by atoms with Crippen LogP contribution in [0.3, 0.4) is 0 Å². The van der Waals surface area contributed by atoms with Gasteiger partial charge in [-0.15, -0.1) is 0 Å². The van der Waals surface area contributed by atoms with Crippen LogP contribution in [0, 0.1) is 0 Å². The first-order chi connectivity index (χ1) is 13.8. The van der Waals surface area contributed by atoms with Crippen molar-refractivity contribution >= 4 is 28.9 Å². The molecule has 0 saturated carbocycles. The summed E-state index contributed by atoms with van der Waals surface area (Å²) >= 11 is 0. The van der Waals surface area contributed by atoms with Gasteiger partial charge in [0.1, 0.15) is 11.9 Å². The molecule has 0 saturated heterocycles. The molecule has 1 atom stereocenters. The zero-order valence-corrected chi connectivity index (χ0v) is 15.0. The number of hydrogen-bond donors (Lipinski definition) is 5. The Morgan fingerprint density at radius 2 is 1.59 bits per heavy atom. The second-order valence-corrected chi connectivity index (χ2v) is 5.87. The highest BCUT2D eigenvalue weighted by Gasteiger charge is 2.15. The number of aliphatic hydroxyl groups excluding tert-OH is 1. The number of nitrogens with zero attached hydrogens (tertiary/aromatic N) is 1. The van der Waals surface area contributed by atoms with Crippen LogP contribution in [0.4, 0.5) is 0 Å². The van der Waals surface area contributed by atoms with Crippen LogP contribution in [0.2, 0.25) is 0 Å². The Morgan fingerprint density at radius 3 is 2.14 bits per heavy atom. The molecule has 1 aromatic heterocycles. The lowest BCUT2D eigenvalue weighted by Gasteiger charge is -2.06. The predicted octanol–water partition coefficient (Wildman–Crippen LogP) is 1.98. The van der Waals surface area contributed by atoms with E-state index in [1.807, 2.05) is 30.3 Å². The Hall–Kier alpha value is -3.98. The Bertz CT molecular complexity index is 1030. The molecule has 5 N–H and O–H groups in total. The smallest absolute Gasteiger partial charge is 0.328 e. The monoisotopic (exact) mass is 398 g/mol. The average molecular weight is 398 g/mol. The van der Waals surface area contributed by atoms with Gasteiger partial charge in [0.15, 0.2) is 0 Å². The highest BCUT2D eigenvalue weighted by molar-refractivity contribution is 5.89. The molecule has 29 heavy (non-hydrogen) atoms. The van der Waals surface area contributed by atoms with E-state index in [0.717, 1.165) is 11.1 Å². The van der Waals surface area contributed by atoms with E-state index >= 15 is 0 Å². The molecule has 3 rings (SSSR count). The zero-order valence-electron chi connectivity index (χ0n) is 15.0. The van der Waals surface area contributed by atoms with Gasteiger partial charge in [0, 0.05) is 12.2 Å². The minimum atomic E-state index is -1.26. The van der Waals surface area contributed by atoms with Gasteiger partial charge in [0.2, 0.25) is 0 Å². The molecule has 0 aliphatic rings. The maximum atomic E-state index is 10.7. The first-order valence-corrected chi connectivity index (χ1v) is 8.33. The number of carboxylic acid groups (broad SMARTS) is 3. The number of benzene rings is 2. The number of rotatable bonds is 6. The number of aliphatic carboxylic acids is 3. The molecule has 0 radical (unpaired) electrons. The number of carboxylic acids is 3. The SMILES string of the molecule is O=C(O)/C=C\C(=O)O.O=C(O)Cc1ccc2nc(C(O)c3ccccc3)[nH]c2c1. The van der Waals surface area contributed by atoms with E-state index < -0.39 is 24.0 Å². The molecule has 9 heteroatoms. The summed E-state index contributed by atoms with van der Waals surface area (Å²) in [7, 11) is 0. The second kappa shape index (κ2) is 9.81. The van der Waals surface area contributed by atoms with Gasteiger partial charge >= 0.3 is 17.9 Å². The van der Waals surface area contributed by atoms with E-state index in [1.165, 1.54) is 0 Å². The summed E-state index contributed by atoms with van der Waals surface area (Å²) in [5.41, 5.74) is 2.87. The Morgan fingerprint density at radius 1 is 0.966 bits per heavy atom. The predicted molar refractivity (Wildman–Crippen MR) is 102 cm³/mol. The van der Waals surface area contributed by atoms with Crippen molar-refractivity contribution in [3.05, 3.63) is 77.6 Å². The van der Waals surface area contributed by atoms with E-state index in [2.05, 4.69) is 9.97 Å². The number of H-pyrrole nitrogens is 1. The van der Waals surface area contributed by atoms with E-state index in [1.54, 1.807) is 18.2 Å². The molecule has 0 bridgehead atoms. The number of aliphatic hydroxyl groups is 1. The number of imidazole rings is 1. The molecule has 1 unspecified atom stereocenters. The second-order valence-electron chi connectivity index (χ2n) is 5.87. The normalized spacial score (nSPS) is 11.6. The molecule has 150 valence electrons. The third kappa shape index (κ3) is 6.60. The first-order valence-electron chi connectivity index (χ1n) is 8.33. The van der Waals surface area contributed by atoms with Gasteiger partial charge in [-0.2, -0.15) is 0 Å². The van der Waals surface area contributed by atoms with Gasteiger partial charge in [-0.1, -0.05) is 36.4 Å². The van der Waals surface area contributed by atoms with Crippen molar-refractivity contribution in [2.24, 2.45) is 0 Å². The van der Waals surface area contributed by atoms with Gasteiger partial charge in [-0.25, -0.2) is 14.6 Å². The fraction of sp³-hybridized carbons (Fsp3) is 0.100.